The fourth-order valence-corrected chi connectivity index (χ4v) is 3.80. The van der Waals surface area contributed by atoms with Gasteiger partial charge in [0.2, 0.25) is 0 Å². The predicted octanol–water partition coefficient (Wildman–Crippen LogP) is 2.32. The number of carbonyl (C=O) groups excluding carboxylic acids is 1. The number of hydrogen-bond donors (Lipinski definition) is 2. The van der Waals surface area contributed by atoms with E-state index in [0.717, 1.165) is 23.8 Å². The minimum atomic E-state index is -0.142. The van der Waals surface area contributed by atoms with Crippen LogP contribution in [0, 0.1) is 0 Å². The van der Waals surface area contributed by atoms with Crippen molar-refractivity contribution in [3.05, 3.63) is 27.3 Å². The van der Waals surface area contributed by atoms with Crippen LogP contribution in [0.2, 0.25) is 0 Å². The highest BCUT2D eigenvalue weighted by molar-refractivity contribution is 7.18. The van der Waals surface area contributed by atoms with Crippen molar-refractivity contribution >= 4 is 39.5 Å². The van der Waals surface area contributed by atoms with Crippen LogP contribution in [0.15, 0.2) is 16.8 Å². The third kappa shape index (κ3) is 2.78. The summed E-state index contributed by atoms with van der Waals surface area (Å²) in [6.45, 7) is 2.53. The highest BCUT2D eigenvalue weighted by Crippen LogP contribution is 2.30. The molecular formula is C13H16N4OS2. The van der Waals surface area contributed by atoms with E-state index < -0.39 is 0 Å². The normalized spacial score (nSPS) is 14.7. The molecule has 0 saturated carbocycles. The van der Waals surface area contributed by atoms with E-state index in [9.17, 15) is 4.79 Å². The lowest BCUT2D eigenvalue weighted by atomic mass is 10.3. The maximum Gasteiger partial charge on any atom is 0.265 e. The molecule has 1 saturated heterocycles. The van der Waals surface area contributed by atoms with Crippen molar-refractivity contribution in [2.24, 2.45) is 0 Å². The van der Waals surface area contributed by atoms with Crippen LogP contribution in [-0.2, 0) is 6.54 Å². The Kier molecular flexibility index (Phi) is 3.88. The number of nitrogen functional groups attached to an aromatic ring is 1. The summed E-state index contributed by atoms with van der Waals surface area (Å²) in [7, 11) is 0. The monoisotopic (exact) mass is 308 g/mol. The summed E-state index contributed by atoms with van der Waals surface area (Å²) < 4.78 is 0. The molecule has 0 spiro atoms. The summed E-state index contributed by atoms with van der Waals surface area (Å²) in [5.74, 6) is 0.191. The Labute approximate surface area is 125 Å². The first-order valence-electron chi connectivity index (χ1n) is 6.54. The molecule has 20 heavy (non-hydrogen) atoms. The van der Waals surface area contributed by atoms with Crippen LogP contribution in [0.3, 0.4) is 0 Å². The number of hydrogen-bond acceptors (Lipinski definition) is 6. The number of thiophene rings is 1. The minimum absolute atomic E-state index is 0.142. The Morgan fingerprint density at radius 1 is 1.45 bits per heavy atom. The molecule has 3 N–H and O–H groups in total. The summed E-state index contributed by atoms with van der Waals surface area (Å²) in [6.07, 6.45) is 2.36. The molecule has 7 heteroatoms. The topological polar surface area (TPSA) is 71.2 Å². The molecule has 2 aromatic heterocycles. The first-order chi connectivity index (χ1) is 9.74. The zero-order chi connectivity index (χ0) is 13.9. The summed E-state index contributed by atoms with van der Waals surface area (Å²) in [5, 5.41) is 7.76. The van der Waals surface area contributed by atoms with Gasteiger partial charge in [0.1, 0.15) is 10.7 Å². The van der Waals surface area contributed by atoms with Gasteiger partial charge in [0, 0.05) is 19.6 Å². The van der Waals surface area contributed by atoms with Crippen LogP contribution in [0.1, 0.15) is 28.1 Å². The van der Waals surface area contributed by atoms with Gasteiger partial charge in [-0.05, 0) is 35.2 Å². The van der Waals surface area contributed by atoms with Crippen LogP contribution in [0.5, 0.6) is 0 Å². The molecule has 0 atom stereocenters. The molecule has 106 valence electrons. The van der Waals surface area contributed by atoms with E-state index in [1.807, 2.05) is 16.8 Å². The second kappa shape index (κ2) is 5.80. The molecule has 0 aliphatic carbocycles. The predicted molar refractivity (Wildman–Crippen MR) is 83.5 cm³/mol. The number of rotatable bonds is 4. The Morgan fingerprint density at radius 3 is 2.95 bits per heavy atom. The maximum atomic E-state index is 12.2. The number of anilines is 2. The third-order valence-corrected chi connectivity index (χ3v) is 5.12. The number of carbonyl (C=O) groups is 1. The van der Waals surface area contributed by atoms with Gasteiger partial charge < -0.3 is 16.0 Å². The maximum absolute atomic E-state index is 12.2. The molecule has 1 fully saturated rings. The number of amides is 1. The van der Waals surface area contributed by atoms with Gasteiger partial charge in [-0.15, -0.1) is 0 Å². The molecule has 3 heterocycles. The Bertz CT molecular complexity index is 588. The lowest BCUT2D eigenvalue weighted by Crippen LogP contribution is -2.22. The van der Waals surface area contributed by atoms with Crippen molar-refractivity contribution in [3.63, 3.8) is 0 Å². The summed E-state index contributed by atoms with van der Waals surface area (Å²) in [5.41, 5.74) is 6.98. The molecule has 5 nitrogen and oxygen atoms in total. The van der Waals surface area contributed by atoms with Crippen LogP contribution in [0.25, 0.3) is 0 Å². The molecular weight excluding hydrogens is 292 g/mol. The van der Waals surface area contributed by atoms with Gasteiger partial charge >= 0.3 is 0 Å². The Hall–Kier alpha value is -1.60. The van der Waals surface area contributed by atoms with Crippen LogP contribution in [-0.4, -0.2) is 24.0 Å². The van der Waals surface area contributed by atoms with Crippen LogP contribution < -0.4 is 16.0 Å². The quantitative estimate of drug-likeness (QED) is 0.909. The van der Waals surface area contributed by atoms with E-state index in [1.165, 1.54) is 24.2 Å². The van der Waals surface area contributed by atoms with E-state index in [0.29, 0.717) is 17.2 Å². The number of nitrogens with one attached hydrogen (secondary N) is 1. The van der Waals surface area contributed by atoms with Crippen molar-refractivity contribution < 1.29 is 4.79 Å². The molecule has 1 aliphatic heterocycles. The summed E-state index contributed by atoms with van der Waals surface area (Å²) in [6, 6.07) is 2.00. The second-order valence-electron chi connectivity index (χ2n) is 4.72. The number of nitrogens with two attached hydrogens (primary N) is 1. The zero-order valence-corrected chi connectivity index (χ0v) is 12.6. The fourth-order valence-electron chi connectivity index (χ4n) is 2.18. The standard InChI is InChI=1S/C13H16N4OS2/c14-11-10(12(18)15-7-9-3-6-19-8-9)20-13(16-11)17-4-1-2-5-17/h3,6,8H,1-2,4-5,7,14H2,(H,15,18). The lowest BCUT2D eigenvalue weighted by Gasteiger charge is -2.11. The Morgan fingerprint density at radius 2 is 2.25 bits per heavy atom. The SMILES string of the molecule is Nc1nc(N2CCCC2)sc1C(=O)NCc1ccsc1. The van der Waals surface area contributed by atoms with Crippen LogP contribution >= 0.6 is 22.7 Å². The highest BCUT2D eigenvalue weighted by atomic mass is 32.1. The van der Waals surface area contributed by atoms with Gasteiger partial charge in [0.05, 0.1) is 0 Å². The van der Waals surface area contributed by atoms with Crippen LogP contribution in [0.4, 0.5) is 10.9 Å². The van der Waals surface area contributed by atoms with Gasteiger partial charge in [-0.2, -0.15) is 11.3 Å². The van der Waals surface area contributed by atoms with E-state index in [4.69, 9.17) is 5.73 Å². The third-order valence-electron chi connectivity index (χ3n) is 3.26. The second-order valence-corrected chi connectivity index (χ2v) is 6.48. The average molecular weight is 308 g/mol. The van der Waals surface area contributed by atoms with Crippen molar-refractivity contribution in [2.75, 3.05) is 23.7 Å². The van der Waals surface area contributed by atoms with Crippen molar-refractivity contribution in [1.82, 2.24) is 10.3 Å². The minimum Gasteiger partial charge on any atom is -0.382 e. The van der Waals surface area contributed by atoms with Gasteiger partial charge in [-0.25, -0.2) is 4.98 Å². The van der Waals surface area contributed by atoms with E-state index in [2.05, 4.69) is 15.2 Å². The van der Waals surface area contributed by atoms with Gasteiger partial charge in [0.15, 0.2) is 5.13 Å². The number of aromatic nitrogens is 1. The molecule has 0 unspecified atom stereocenters. The molecule has 1 amide bonds. The molecule has 1 aliphatic rings. The van der Waals surface area contributed by atoms with Crippen molar-refractivity contribution in [1.29, 1.82) is 0 Å². The number of thiazole rings is 1. The Balaban J connectivity index is 1.67. The van der Waals surface area contributed by atoms with Crippen molar-refractivity contribution in [2.45, 2.75) is 19.4 Å². The van der Waals surface area contributed by atoms with E-state index in [-0.39, 0.29) is 5.91 Å². The smallest absolute Gasteiger partial charge is 0.265 e. The summed E-state index contributed by atoms with van der Waals surface area (Å²) >= 11 is 3.00. The fraction of sp³-hybridized carbons (Fsp3) is 0.385. The molecule has 2 aromatic rings. The molecule has 0 bridgehead atoms. The average Bonchev–Trinajstić information content (AvgIpc) is 3.17. The largest absolute Gasteiger partial charge is 0.382 e. The van der Waals surface area contributed by atoms with Gasteiger partial charge in [0.25, 0.3) is 5.91 Å². The van der Waals surface area contributed by atoms with Gasteiger partial charge in [-0.3, -0.25) is 4.79 Å². The first-order valence-corrected chi connectivity index (χ1v) is 8.30. The molecule has 3 rings (SSSR count). The summed E-state index contributed by atoms with van der Waals surface area (Å²) in [4.78, 5) is 19.2. The molecule has 0 radical (unpaired) electrons. The lowest BCUT2D eigenvalue weighted by molar-refractivity contribution is 0.0955. The zero-order valence-electron chi connectivity index (χ0n) is 11.0. The number of nitrogens with zero attached hydrogens (tertiary/aromatic N) is 2. The first kappa shape index (κ1) is 13.4. The van der Waals surface area contributed by atoms with Gasteiger partial charge in [-0.1, -0.05) is 11.3 Å². The van der Waals surface area contributed by atoms with E-state index in [1.54, 1.807) is 11.3 Å². The molecule has 0 aromatic carbocycles. The highest BCUT2D eigenvalue weighted by Gasteiger charge is 2.21. The van der Waals surface area contributed by atoms with E-state index >= 15 is 0 Å². The van der Waals surface area contributed by atoms with Crippen molar-refractivity contribution in [3.8, 4) is 0 Å².